The van der Waals surface area contributed by atoms with E-state index in [2.05, 4.69) is 31.7 Å². The molecule has 0 spiro atoms. The summed E-state index contributed by atoms with van der Waals surface area (Å²) in [7, 11) is 0. The molecule has 10 nitrogen and oxygen atoms in total. The Morgan fingerprint density at radius 1 is 0.549 bits per heavy atom. The van der Waals surface area contributed by atoms with E-state index in [0.29, 0.717) is 63.2 Å². The quantitative estimate of drug-likeness (QED) is 0.0577. The molecule has 4 rings (SSSR count). The molecule has 0 radical (unpaired) electrons. The Morgan fingerprint density at radius 2 is 0.961 bits per heavy atom. The fraction of sp³-hybridized carbons (Fsp3) is 0.189. The molecule has 14 heteroatoms. The van der Waals surface area contributed by atoms with Crippen molar-refractivity contribution >= 4 is 92.8 Å². The second-order valence-electron chi connectivity index (χ2n) is 11.3. The van der Waals surface area contributed by atoms with Gasteiger partial charge in [0.25, 0.3) is 11.8 Å². The molecule has 0 aliphatic carbocycles. The molecule has 51 heavy (non-hydrogen) atoms. The van der Waals surface area contributed by atoms with Gasteiger partial charge in [0.05, 0.1) is 32.6 Å². The molecule has 4 aromatic carbocycles. The van der Waals surface area contributed by atoms with E-state index in [9.17, 15) is 19.2 Å². The fourth-order valence-electron chi connectivity index (χ4n) is 4.67. The van der Waals surface area contributed by atoms with Crippen LogP contribution in [0.25, 0.3) is 0 Å². The Hall–Kier alpha value is -4.74. The second-order valence-corrected chi connectivity index (χ2v) is 13.0. The van der Waals surface area contributed by atoms with Gasteiger partial charge in [-0.15, -0.1) is 0 Å². The van der Waals surface area contributed by atoms with Crippen molar-refractivity contribution in [1.29, 1.82) is 0 Å². The minimum Gasteiger partial charge on any atom is -0.322 e. The van der Waals surface area contributed by atoms with Gasteiger partial charge in [-0.1, -0.05) is 77.1 Å². The average molecular weight is 769 g/mol. The standard InChI is InChI=1S/C37H34Cl4N6O4/c1-22(24-8-6-10-28(18-24)42-36(50)30-16-14-26(38)20-32(30)40)44-46-34(48)12-4-3-5-13-35(49)47-45-23(2)25-9-7-11-29(19-25)43-37(51)31-17-15-27(39)21-33(31)41/h6-11,14-21H,3-5,12-13H2,1-2H3,(H,42,50)(H,43,51)(H,46,48)(H,47,49)/b44-22+,45-23+. The molecule has 0 bridgehead atoms. The highest BCUT2D eigenvalue weighted by Gasteiger charge is 2.13. The summed E-state index contributed by atoms with van der Waals surface area (Å²) in [5.41, 5.74) is 9.27. The van der Waals surface area contributed by atoms with E-state index < -0.39 is 0 Å². The van der Waals surface area contributed by atoms with Crippen molar-refractivity contribution in [1.82, 2.24) is 10.9 Å². The van der Waals surface area contributed by atoms with E-state index in [0.717, 1.165) is 0 Å². The van der Waals surface area contributed by atoms with Crippen molar-refractivity contribution in [3.05, 3.63) is 127 Å². The van der Waals surface area contributed by atoms with Crippen LogP contribution < -0.4 is 21.5 Å². The molecule has 0 unspecified atom stereocenters. The van der Waals surface area contributed by atoms with Gasteiger partial charge in [0.15, 0.2) is 0 Å². The lowest BCUT2D eigenvalue weighted by Crippen LogP contribution is -2.20. The maximum Gasteiger partial charge on any atom is 0.257 e. The van der Waals surface area contributed by atoms with Gasteiger partial charge in [-0.3, -0.25) is 19.2 Å². The summed E-state index contributed by atoms with van der Waals surface area (Å²) >= 11 is 24.1. The van der Waals surface area contributed by atoms with Crippen LogP contribution in [0.2, 0.25) is 20.1 Å². The Labute approximate surface area is 315 Å². The number of anilines is 2. The fourth-order valence-corrected chi connectivity index (χ4v) is 5.66. The first-order valence-electron chi connectivity index (χ1n) is 15.8. The van der Waals surface area contributed by atoms with Crippen LogP contribution in [-0.4, -0.2) is 35.1 Å². The number of amides is 4. The molecule has 0 aromatic heterocycles. The summed E-state index contributed by atoms with van der Waals surface area (Å²) in [5.74, 6) is -1.28. The molecule has 0 aliphatic heterocycles. The molecule has 0 saturated heterocycles. The number of benzene rings is 4. The van der Waals surface area contributed by atoms with Gasteiger partial charge in [0.1, 0.15) is 0 Å². The summed E-state index contributed by atoms with van der Waals surface area (Å²) in [6, 6.07) is 23.3. The van der Waals surface area contributed by atoms with Crippen LogP contribution in [0.1, 0.15) is 77.8 Å². The molecule has 4 N–H and O–H groups in total. The third-order valence-electron chi connectivity index (χ3n) is 7.43. The van der Waals surface area contributed by atoms with E-state index >= 15 is 0 Å². The largest absolute Gasteiger partial charge is 0.322 e. The third kappa shape index (κ3) is 12.2. The number of unbranched alkanes of at least 4 members (excludes halogenated alkanes) is 2. The number of hydrogen-bond acceptors (Lipinski definition) is 6. The maximum atomic E-state index is 12.7. The van der Waals surface area contributed by atoms with Crippen LogP contribution in [0.3, 0.4) is 0 Å². The van der Waals surface area contributed by atoms with Gasteiger partial charge in [0, 0.05) is 34.3 Å². The lowest BCUT2D eigenvalue weighted by molar-refractivity contribution is -0.121. The Kier molecular flexibility index (Phi) is 14.6. The first-order valence-corrected chi connectivity index (χ1v) is 17.3. The maximum absolute atomic E-state index is 12.7. The highest BCUT2D eigenvalue weighted by molar-refractivity contribution is 6.38. The predicted molar refractivity (Wildman–Crippen MR) is 206 cm³/mol. The number of halogens is 4. The van der Waals surface area contributed by atoms with Crippen molar-refractivity contribution in [3.63, 3.8) is 0 Å². The van der Waals surface area contributed by atoms with Gasteiger partial charge >= 0.3 is 0 Å². The van der Waals surface area contributed by atoms with E-state index in [1.54, 1.807) is 74.5 Å². The first-order chi connectivity index (χ1) is 24.4. The number of hydrogen-bond donors (Lipinski definition) is 4. The zero-order valence-electron chi connectivity index (χ0n) is 27.7. The van der Waals surface area contributed by atoms with E-state index in [4.69, 9.17) is 46.4 Å². The summed E-state index contributed by atoms with van der Waals surface area (Å²) < 4.78 is 0. The molecular weight excluding hydrogens is 734 g/mol. The van der Waals surface area contributed by atoms with Crippen LogP contribution in [0.4, 0.5) is 11.4 Å². The normalized spacial score (nSPS) is 11.5. The molecule has 264 valence electrons. The second kappa shape index (κ2) is 19.0. The molecular formula is C37H34Cl4N6O4. The lowest BCUT2D eigenvalue weighted by Gasteiger charge is -2.09. The van der Waals surface area contributed by atoms with E-state index in [1.807, 2.05) is 12.1 Å². The van der Waals surface area contributed by atoms with Gasteiger partial charge in [-0.25, -0.2) is 10.9 Å². The van der Waals surface area contributed by atoms with Gasteiger partial charge < -0.3 is 10.6 Å². The Bertz CT molecular complexity index is 1860. The molecule has 0 atom stereocenters. The third-order valence-corrected chi connectivity index (χ3v) is 8.53. The summed E-state index contributed by atoms with van der Waals surface area (Å²) in [5, 5.41) is 15.3. The summed E-state index contributed by atoms with van der Waals surface area (Å²) in [4.78, 5) is 50.0. The van der Waals surface area contributed by atoms with E-state index in [1.165, 1.54) is 12.1 Å². The van der Waals surface area contributed by atoms with Crippen molar-refractivity contribution in [3.8, 4) is 0 Å². The molecule has 0 aliphatic rings. The summed E-state index contributed by atoms with van der Waals surface area (Å²) in [6.07, 6.45) is 2.29. The Morgan fingerprint density at radius 3 is 1.35 bits per heavy atom. The van der Waals surface area contributed by atoms with Gasteiger partial charge in [-0.2, -0.15) is 10.2 Å². The Balaban J connectivity index is 1.16. The number of carbonyl (C=O) groups excluding carboxylic acids is 4. The molecule has 0 fully saturated rings. The van der Waals surface area contributed by atoms with Crippen LogP contribution in [-0.2, 0) is 9.59 Å². The number of nitrogens with one attached hydrogen (secondary N) is 4. The summed E-state index contributed by atoms with van der Waals surface area (Å²) in [6.45, 7) is 3.49. The minimum absolute atomic E-state index is 0.241. The van der Waals surface area contributed by atoms with Crippen LogP contribution in [0.5, 0.6) is 0 Å². The molecule has 0 saturated carbocycles. The van der Waals surface area contributed by atoms with Crippen molar-refractivity contribution in [2.45, 2.75) is 46.0 Å². The number of carbonyl (C=O) groups is 4. The first kappa shape index (κ1) is 39.1. The van der Waals surface area contributed by atoms with Crippen molar-refractivity contribution in [2.75, 3.05) is 10.6 Å². The minimum atomic E-state index is -0.385. The molecule has 4 aromatic rings. The number of rotatable bonds is 14. The highest BCUT2D eigenvalue weighted by Crippen LogP contribution is 2.24. The topological polar surface area (TPSA) is 141 Å². The smallest absolute Gasteiger partial charge is 0.257 e. The SMILES string of the molecule is C/C(=N\NC(=O)CCCCCC(=O)N/N=C(\C)c1cccc(NC(=O)c2ccc(Cl)cc2Cl)c1)c1cccc(NC(=O)c2ccc(Cl)cc2Cl)c1. The zero-order chi connectivity index (χ0) is 36.9. The molecule has 4 amide bonds. The molecule has 0 heterocycles. The highest BCUT2D eigenvalue weighted by atomic mass is 35.5. The van der Waals surface area contributed by atoms with Crippen LogP contribution in [0, 0.1) is 0 Å². The average Bonchev–Trinajstić information content (AvgIpc) is 3.09. The number of hydrazone groups is 2. The van der Waals surface area contributed by atoms with Crippen molar-refractivity contribution in [2.24, 2.45) is 10.2 Å². The monoisotopic (exact) mass is 766 g/mol. The van der Waals surface area contributed by atoms with E-state index in [-0.39, 0.29) is 57.6 Å². The van der Waals surface area contributed by atoms with Crippen LogP contribution in [0.15, 0.2) is 95.1 Å². The zero-order valence-corrected chi connectivity index (χ0v) is 30.7. The number of nitrogens with zero attached hydrogens (tertiary/aromatic N) is 2. The van der Waals surface area contributed by atoms with Gasteiger partial charge in [0.2, 0.25) is 11.8 Å². The van der Waals surface area contributed by atoms with Gasteiger partial charge in [-0.05, 0) is 98.5 Å². The van der Waals surface area contributed by atoms with Crippen LogP contribution >= 0.6 is 46.4 Å². The van der Waals surface area contributed by atoms with Crippen molar-refractivity contribution < 1.29 is 19.2 Å². The lowest BCUT2D eigenvalue weighted by atomic mass is 10.1. The predicted octanol–water partition coefficient (Wildman–Crippen LogP) is 9.14.